The molecule has 8 aromatic rings. The van der Waals surface area contributed by atoms with Crippen LogP contribution in [0.5, 0.6) is 0 Å². The Balaban J connectivity index is 1.11. The fourth-order valence-electron chi connectivity index (χ4n) is 7.39. The van der Waals surface area contributed by atoms with Crippen molar-refractivity contribution < 1.29 is 0 Å². The molecule has 0 N–H and O–H groups in total. The Hall–Kier alpha value is -5.40. The zero-order valence-corrected chi connectivity index (χ0v) is 24.7. The molecular weight excluding hydrogens is 530 g/mol. The van der Waals surface area contributed by atoms with Gasteiger partial charge < -0.3 is 4.40 Å². The number of aromatic nitrogens is 1. The average Bonchev–Trinajstić information content (AvgIpc) is 3.61. The fourth-order valence-corrected chi connectivity index (χ4v) is 7.39. The second-order valence-electron chi connectivity index (χ2n) is 12.2. The van der Waals surface area contributed by atoms with Crippen molar-refractivity contribution in [2.45, 2.75) is 19.3 Å². The quantitative estimate of drug-likeness (QED) is 0.201. The SMILES string of the molecule is CC1CC=c2c3ccccc3n3c2c1c1cc(-c2cccc(-c4cccc(-c5ccc(-c6ccccc6)cc5)c4)c2)ccc13. The van der Waals surface area contributed by atoms with E-state index in [9.17, 15) is 0 Å². The zero-order chi connectivity index (χ0) is 29.2. The van der Waals surface area contributed by atoms with Gasteiger partial charge in [0.05, 0.1) is 16.6 Å². The van der Waals surface area contributed by atoms with Gasteiger partial charge in [-0.2, -0.15) is 0 Å². The summed E-state index contributed by atoms with van der Waals surface area (Å²) in [7, 11) is 0. The summed E-state index contributed by atoms with van der Waals surface area (Å²) in [6, 6.07) is 53.3. The summed E-state index contributed by atoms with van der Waals surface area (Å²) in [5, 5.41) is 4.16. The van der Waals surface area contributed by atoms with Gasteiger partial charge >= 0.3 is 0 Å². The first-order valence-electron chi connectivity index (χ1n) is 15.6. The minimum atomic E-state index is 0.498. The van der Waals surface area contributed by atoms with Crippen molar-refractivity contribution in [3.63, 3.8) is 0 Å². The van der Waals surface area contributed by atoms with Gasteiger partial charge in [-0.25, -0.2) is 0 Å². The highest BCUT2D eigenvalue weighted by Gasteiger charge is 2.24. The molecule has 9 rings (SSSR count). The van der Waals surface area contributed by atoms with E-state index in [-0.39, 0.29) is 0 Å². The van der Waals surface area contributed by atoms with E-state index in [0.717, 1.165) is 6.42 Å². The van der Waals surface area contributed by atoms with Crippen molar-refractivity contribution in [1.29, 1.82) is 0 Å². The van der Waals surface area contributed by atoms with E-state index >= 15 is 0 Å². The van der Waals surface area contributed by atoms with E-state index in [1.807, 2.05) is 0 Å². The van der Waals surface area contributed by atoms with E-state index in [2.05, 4.69) is 163 Å². The van der Waals surface area contributed by atoms with E-state index in [1.54, 1.807) is 0 Å². The van der Waals surface area contributed by atoms with Crippen molar-refractivity contribution in [2.24, 2.45) is 0 Å². The molecule has 0 aliphatic heterocycles. The number of fused-ring (bicyclic) bond motifs is 6. The van der Waals surface area contributed by atoms with Gasteiger partial charge in [0, 0.05) is 16.0 Å². The molecule has 0 saturated carbocycles. The Kier molecular flexibility index (Phi) is 5.61. The Bertz CT molecular complexity index is 2410. The van der Waals surface area contributed by atoms with Crippen molar-refractivity contribution in [3.05, 3.63) is 156 Å². The Morgan fingerprint density at radius 2 is 0.955 bits per heavy atom. The molecule has 6 aromatic carbocycles. The summed E-state index contributed by atoms with van der Waals surface area (Å²) in [5.41, 5.74) is 15.4. The Labute approximate surface area is 257 Å². The van der Waals surface area contributed by atoms with Crippen molar-refractivity contribution >= 4 is 33.4 Å². The number of hydrogen-bond acceptors (Lipinski definition) is 0. The van der Waals surface area contributed by atoms with Crippen molar-refractivity contribution in [2.75, 3.05) is 0 Å². The molecule has 0 radical (unpaired) electrons. The van der Waals surface area contributed by atoms with Crippen molar-refractivity contribution in [1.82, 2.24) is 4.40 Å². The predicted octanol–water partition coefficient (Wildman–Crippen LogP) is 10.9. The highest BCUT2D eigenvalue weighted by atomic mass is 14.9. The van der Waals surface area contributed by atoms with Crippen LogP contribution in [0.2, 0.25) is 0 Å². The van der Waals surface area contributed by atoms with Crippen LogP contribution in [0.4, 0.5) is 0 Å². The van der Waals surface area contributed by atoms with Gasteiger partial charge in [-0.15, -0.1) is 0 Å². The first-order chi connectivity index (χ1) is 21.7. The number of benzene rings is 6. The van der Waals surface area contributed by atoms with Crippen LogP contribution in [0.25, 0.3) is 77.9 Å². The predicted molar refractivity (Wildman–Crippen MR) is 187 cm³/mol. The number of para-hydroxylation sites is 1. The molecule has 1 atom stereocenters. The summed E-state index contributed by atoms with van der Waals surface area (Å²) in [4.78, 5) is 0. The third-order valence-electron chi connectivity index (χ3n) is 9.58. The van der Waals surface area contributed by atoms with Crippen LogP contribution in [0.15, 0.2) is 146 Å². The van der Waals surface area contributed by atoms with Crippen LogP contribution in [0, 0.1) is 0 Å². The summed E-state index contributed by atoms with van der Waals surface area (Å²) in [5.74, 6) is 0.498. The second kappa shape index (κ2) is 9.82. The van der Waals surface area contributed by atoms with Crippen LogP contribution < -0.4 is 5.22 Å². The maximum atomic E-state index is 2.50. The van der Waals surface area contributed by atoms with Gasteiger partial charge in [-0.3, -0.25) is 0 Å². The molecule has 1 nitrogen and oxygen atoms in total. The molecule has 2 aromatic heterocycles. The highest BCUT2D eigenvalue weighted by molar-refractivity contribution is 6.04. The van der Waals surface area contributed by atoms with E-state index in [4.69, 9.17) is 0 Å². The van der Waals surface area contributed by atoms with Crippen LogP contribution in [0.3, 0.4) is 0 Å². The van der Waals surface area contributed by atoms with Gasteiger partial charge in [0.2, 0.25) is 0 Å². The molecule has 1 aliphatic carbocycles. The smallest absolute Gasteiger partial charge is 0.0579 e. The second-order valence-corrected chi connectivity index (χ2v) is 12.2. The first kappa shape index (κ1) is 25.1. The minimum absolute atomic E-state index is 0.498. The number of hydrogen-bond donors (Lipinski definition) is 0. The van der Waals surface area contributed by atoms with Gasteiger partial charge in [0.15, 0.2) is 0 Å². The lowest BCUT2D eigenvalue weighted by Crippen LogP contribution is -2.08. The lowest BCUT2D eigenvalue weighted by molar-refractivity contribution is 0.809. The van der Waals surface area contributed by atoms with Gasteiger partial charge in [-0.05, 0) is 92.7 Å². The molecule has 0 fully saturated rings. The van der Waals surface area contributed by atoms with Gasteiger partial charge in [-0.1, -0.05) is 128 Å². The molecule has 44 heavy (non-hydrogen) atoms. The third-order valence-corrected chi connectivity index (χ3v) is 9.58. The lowest BCUT2D eigenvalue weighted by atomic mass is 9.89. The third kappa shape index (κ3) is 3.86. The zero-order valence-electron chi connectivity index (χ0n) is 24.7. The van der Waals surface area contributed by atoms with Crippen LogP contribution in [-0.4, -0.2) is 4.40 Å². The summed E-state index contributed by atoms with van der Waals surface area (Å²) >= 11 is 0. The Morgan fingerprint density at radius 3 is 1.66 bits per heavy atom. The summed E-state index contributed by atoms with van der Waals surface area (Å²) < 4.78 is 2.50. The first-order valence-corrected chi connectivity index (χ1v) is 15.6. The van der Waals surface area contributed by atoms with E-state index in [0.29, 0.717) is 5.92 Å². The normalized spacial score (nSPS) is 14.3. The minimum Gasteiger partial charge on any atom is -0.308 e. The lowest BCUT2D eigenvalue weighted by Gasteiger charge is -2.13. The summed E-state index contributed by atoms with van der Waals surface area (Å²) in [6.45, 7) is 2.38. The van der Waals surface area contributed by atoms with Crippen LogP contribution in [0.1, 0.15) is 24.8 Å². The number of rotatable bonds is 4. The van der Waals surface area contributed by atoms with E-state index in [1.165, 1.54) is 82.6 Å². The monoisotopic (exact) mass is 561 g/mol. The number of nitrogens with zero attached hydrogens (tertiary/aromatic N) is 1. The Morgan fingerprint density at radius 1 is 0.455 bits per heavy atom. The summed E-state index contributed by atoms with van der Waals surface area (Å²) in [6.07, 6.45) is 3.53. The topological polar surface area (TPSA) is 4.41 Å². The highest BCUT2D eigenvalue weighted by Crippen LogP contribution is 2.40. The van der Waals surface area contributed by atoms with Crippen LogP contribution in [-0.2, 0) is 0 Å². The molecule has 2 heterocycles. The molecule has 0 bridgehead atoms. The van der Waals surface area contributed by atoms with E-state index < -0.39 is 0 Å². The van der Waals surface area contributed by atoms with Crippen LogP contribution >= 0.6 is 0 Å². The molecule has 0 amide bonds. The molecule has 1 unspecified atom stereocenters. The van der Waals surface area contributed by atoms with Gasteiger partial charge in [0.1, 0.15) is 0 Å². The molecule has 208 valence electrons. The molecule has 1 heteroatoms. The van der Waals surface area contributed by atoms with Crippen molar-refractivity contribution in [3.8, 4) is 44.5 Å². The standard InChI is InChI=1S/C43H31N/c1-28-17-23-38-37-15-5-6-16-40(37)44-41-24-22-36(27-39(41)42(28)43(38)44)35-14-8-13-34(26-35)33-12-7-11-32(25-33)31-20-18-30(19-21-31)29-9-3-2-4-10-29/h2-16,18-28H,17H2,1H3. The maximum absolute atomic E-state index is 2.50. The molecule has 0 saturated heterocycles. The molecular formula is C43H31N. The fraction of sp³-hybridized carbons (Fsp3) is 0.0698. The average molecular weight is 562 g/mol. The largest absolute Gasteiger partial charge is 0.308 e. The maximum Gasteiger partial charge on any atom is 0.0579 e. The van der Waals surface area contributed by atoms with Gasteiger partial charge in [0.25, 0.3) is 0 Å². The molecule has 0 spiro atoms. The molecule has 1 aliphatic rings.